The van der Waals surface area contributed by atoms with E-state index in [1.54, 1.807) is 6.07 Å². The lowest BCUT2D eigenvalue weighted by atomic mass is 10.1. The Morgan fingerprint density at radius 3 is 2.58 bits per heavy atom. The van der Waals surface area contributed by atoms with Gasteiger partial charge in [-0.05, 0) is 23.4 Å². The Morgan fingerprint density at radius 1 is 1.00 bits per heavy atom. The van der Waals surface area contributed by atoms with E-state index in [-0.39, 0.29) is 11.7 Å². The Balaban J connectivity index is 1.60. The topological polar surface area (TPSA) is 61.7 Å². The van der Waals surface area contributed by atoms with Crippen LogP contribution < -0.4 is 5.43 Å². The molecule has 0 aromatic heterocycles. The zero-order chi connectivity index (χ0) is 16.8. The number of hydrazone groups is 1. The van der Waals surface area contributed by atoms with E-state index in [1.165, 1.54) is 6.21 Å². The number of hydrogen-bond acceptors (Lipinski definition) is 3. The molecule has 0 spiro atoms. The first-order valence-electron chi connectivity index (χ1n) is 7.80. The van der Waals surface area contributed by atoms with Crippen LogP contribution in [0.4, 0.5) is 0 Å². The van der Waals surface area contributed by atoms with Crippen molar-refractivity contribution in [1.82, 2.24) is 5.43 Å². The molecular weight excluding hydrogens is 300 g/mol. The third-order valence-electron chi connectivity index (χ3n) is 3.81. The van der Waals surface area contributed by atoms with Crippen LogP contribution in [0, 0.1) is 0 Å². The maximum absolute atomic E-state index is 11.8. The van der Waals surface area contributed by atoms with Crippen molar-refractivity contribution in [2.75, 3.05) is 0 Å². The van der Waals surface area contributed by atoms with Crippen LogP contribution >= 0.6 is 0 Å². The molecule has 3 aromatic carbocycles. The second-order valence-corrected chi connectivity index (χ2v) is 5.50. The van der Waals surface area contributed by atoms with Crippen molar-refractivity contribution in [1.29, 1.82) is 0 Å². The number of carbonyl (C=O) groups excluding carboxylic acids is 1. The minimum atomic E-state index is -0.157. The van der Waals surface area contributed by atoms with Crippen molar-refractivity contribution in [3.05, 3.63) is 77.9 Å². The molecule has 3 rings (SSSR count). The van der Waals surface area contributed by atoms with Gasteiger partial charge in [0.05, 0.1) is 6.21 Å². The summed E-state index contributed by atoms with van der Waals surface area (Å²) in [5.41, 5.74) is 4.18. The number of aromatic hydroxyl groups is 1. The molecule has 0 aliphatic heterocycles. The molecule has 120 valence electrons. The molecule has 0 saturated carbocycles. The summed E-state index contributed by atoms with van der Waals surface area (Å²) in [6, 6.07) is 21.1. The summed E-state index contributed by atoms with van der Waals surface area (Å²) in [6.07, 6.45) is 2.50. The molecule has 0 radical (unpaired) electrons. The molecule has 0 heterocycles. The van der Waals surface area contributed by atoms with Gasteiger partial charge in [-0.1, -0.05) is 60.7 Å². The lowest BCUT2D eigenvalue weighted by Crippen LogP contribution is -2.17. The van der Waals surface area contributed by atoms with E-state index in [4.69, 9.17) is 0 Å². The van der Waals surface area contributed by atoms with Gasteiger partial charge < -0.3 is 5.11 Å². The van der Waals surface area contributed by atoms with Gasteiger partial charge >= 0.3 is 0 Å². The van der Waals surface area contributed by atoms with Crippen molar-refractivity contribution in [2.45, 2.75) is 12.8 Å². The van der Waals surface area contributed by atoms with Crippen LogP contribution in [0.15, 0.2) is 71.8 Å². The number of aryl methyl sites for hydroxylation is 1. The highest BCUT2D eigenvalue weighted by molar-refractivity contribution is 5.97. The first-order chi connectivity index (χ1) is 11.7. The normalized spacial score (nSPS) is 11.0. The predicted molar refractivity (Wildman–Crippen MR) is 96.1 cm³/mol. The quantitative estimate of drug-likeness (QED) is 0.557. The van der Waals surface area contributed by atoms with E-state index in [0.29, 0.717) is 18.4 Å². The standard InChI is InChI=1S/C20H18N2O2/c23-19(13-10-15-6-2-1-3-7-15)22-21-14-17-12-11-16-8-4-5-9-18(16)20(17)24/h1-9,11-12,14,24H,10,13H2,(H,22,23)/b21-14-. The van der Waals surface area contributed by atoms with Gasteiger partial charge in [-0.3, -0.25) is 4.79 Å². The van der Waals surface area contributed by atoms with E-state index in [9.17, 15) is 9.90 Å². The Morgan fingerprint density at radius 2 is 1.75 bits per heavy atom. The van der Waals surface area contributed by atoms with E-state index >= 15 is 0 Å². The number of carbonyl (C=O) groups is 1. The fourth-order valence-electron chi connectivity index (χ4n) is 2.51. The Hall–Kier alpha value is -3.14. The molecule has 0 fully saturated rings. The van der Waals surface area contributed by atoms with Gasteiger partial charge in [0.1, 0.15) is 5.75 Å². The first kappa shape index (κ1) is 15.7. The minimum absolute atomic E-state index is 0.157. The van der Waals surface area contributed by atoms with Crippen LogP contribution in [0.25, 0.3) is 10.8 Å². The molecule has 0 atom stereocenters. The SMILES string of the molecule is O=C(CCc1ccccc1)N/N=C\c1ccc2ccccc2c1O. The maximum atomic E-state index is 11.8. The van der Waals surface area contributed by atoms with Gasteiger partial charge in [0.15, 0.2) is 0 Å². The number of nitrogens with zero attached hydrogens (tertiary/aromatic N) is 1. The van der Waals surface area contributed by atoms with Crippen molar-refractivity contribution >= 4 is 22.9 Å². The van der Waals surface area contributed by atoms with E-state index in [0.717, 1.165) is 16.3 Å². The third kappa shape index (κ3) is 3.79. The second kappa shape index (κ2) is 7.42. The average Bonchev–Trinajstić information content (AvgIpc) is 2.63. The highest BCUT2D eigenvalue weighted by Crippen LogP contribution is 2.27. The molecule has 4 nitrogen and oxygen atoms in total. The predicted octanol–water partition coefficient (Wildman–Crippen LogP) is 3.63. The number of phenolic OH excluding ortho intramolecular Hbond substituents is 1. The van der Waals surface area contributed by atoms with Gasteiger partial charge in [-0.15, -0.1) is 0 Å². The Bertz CT molecular complexity index is 873. The molecule has 0 aliphatic carbocycles. The number of benzene rings is 3. The lowest BCUT2D eigenvalue weighted by Gasteiger charge is -2.04. The molecule has 0 saturated heterocycles. The maximum Gasteiger partial charge on any atom is 0.240 e. The van der Waals surface area contributed by atoms with Crippen LogP contribution in [0.1, 0.15) is 17.5 Å². The molecule has 2 N–H and O–H groups in total. The monoisotopic (exact) mass is 318 g/mol. The van der Waals surface area contributed by atoms with Crippen LogP contribution in [0.5, 0.6) is 5.75 Å². The molecule has 4 heteroatoms. The Kier molecular flexibility index (Phi) is 4.87. The van der Waals surface area contributed by atoms with Gasteiger partial charge in [0.2, 0.25) is 5.91 Å². The van der Waals surface area contributed by atoms with E-state index in [1.807, 2.05) is 60.7 Å². The van der Waals surface area contributed by atoms with Gasteiger partial charge in [-0.25, -0.2) is 5.43 Å². The van der Waals surface area contributed by atoms with Crippen molar-refractivity contribution in [2.24, 2.45) is 5.10 Å². The highest BCUT2D eigenvalue weighted by atomic mass is 16.3. The zero-order valence-corrected chi connectivity index (χ0v) is 13.1. The fourth-order valence-corrected chi connectivity index (χ4v) is 2.51. The second-order valence-electron chi connectivity index (χ2n) is 5.50. The van der Waals surface area contributed by atoms with E-state index < -0.39 is 0 Å². The highest BCUT2D eigenvalue weighted by Gasteiger charge is 2.04. The third-order valence-corrected chi connectivity index (χ3v) is 3.81. The fraction of sp³-hybridized carbons (Fsp3) is 0.100. The number of fused-ring (bicyclic) bond motifs is 1. The van der Waals surface area contributed by atoms with Gasteiger partial charge in [-0.2, -0.15) is 5.10 Å². The zero-order valence-electron chi connectivity index (χ0n) is 13.1. The van der Waals surface area contributed by atoms with Gasteiger partial charge in [0, 0.05) is 17.4 Å². The first-order valence-corrected chi connectivity index (χ1v) is 7.80. The molecule has 1 amide bonds. The summed E-state index contributed by atoms with van der Waals surface area (Å²) in [4.78, 5) is 11.8. The molecule has 0 bridgehead atoms. The lowest BCUT2D eigenvalue weighted by molar-refractivity contribution is -0.121. The number of phenols is 1. The van der Waals surface area contributed by atoms with E-state index in [2.05, 4.69) is 10.5 Å². The van der Waals surface area contributed by atoms with Gasteiger partial charge in [0.25, 0.3) is 0 Å². The van der Waals surface area contributed by atoms with Crippen LogP contribution in [0.2, 0.25) is 0 Å². The summed E-state index contributed by atoms with van der Waals surface area (Å²) < 4.78 is 0. The summed E-state index contributed by atoms with van der Waals surface area (Å²) in [5, 5.41) is 15.9. The summed E-state index contributed by atoms with van der Waals surface area (Å²) >= 11 is 0. The number of hydrogen-bond donors (Lipinski definition) is 2. The van der Waals surface area contributed by atoms with Crippen molar-refractivity contribution in [3.8, 4) is 5.75 Å². The van der Waals surface area contributed by atoms with Crippen molar-refractivity contribution in [3.63, 3.8) is 0 Å². The summed E-state index contributed by atoms with van der Waals surface area (Å²) in [5.74, 6) is 0.00534. The largest absolute Gasteiger partial charge is 0.507 e. The number of nitrogens with one attached hydrogen (secondary N) is 1. The van der Waals surface area contributed by atoms with Crippen LogP contribution in [-0.4, -0.2) is 17.2 Å². The van der Waals surface area contributed by atoms with Crippen molar-refractivity contribution < 1.29 is 9.90 Å². The molecular formula is C20H18N2O2. The molecule has 3 aromatic rings. The van der Waals surface area contributed by atoms with Crippen LogP contribution in [0.3, 0.4) is 0 Å². The summed E-state index contributed by atoms with van der Waals surface area (Å²) in [6.45, 7) is 0. The Labute approximate surface area is 140 Å². The summed E-state index contributed by atoms with van der Waals surface area (Å²) in [7, 11) is 0. The molecule has 24 heavy (non-hydrogen) atoms. The molecule has 0 aliphatic rings. The number of rotatable bonds is 5. The number of amides is 1. The average molecular weight is 318 g/mol. The molecule has 0 unspecified atom stereocenters. The smallest absolute Gasteiger partial charge is 0.240 e. The van der Waals surface area contributed by atoms with Crippen LogP contribution in [-0.2, 0) is 11.2 Å². The minimum Gasteiger partial charge on any atom is -0.507 e.